The van der Waals surface area contributed by atoms with E-state index in [2.05, 4.69) is 20.5 Å². The van der Waals surface area contributed by atoms with Crippen LogP contribution in [0.3, 0.4) is 0 Å². The normalized spacial score (nSPS) is 10.0. The zero-order valence-electron chi connectivity index (χ0n) is 10.6. The summed E-state index contributed by atoms with van der Waals surface area (Å²) in [6.07, 6.45) is 1.38. The molecule has 0 spiro atoms. The van der Waals surface area contributed by atoms with Crippen LogP contribution in [0.25, 0.3) is 0 Å². The van der Waals surface area contributed by atoms with Crippen molar-refractivity contribution in [3.8, 4) is 11.5 Å². The van der Waals surface area contributed by atoms with Gasteiger partial charge in [0.1, 0.15) is 23.7 Å². The van der Waals surface area contributed by atoms with Gasteiger partial charge in [-0.1, -0.05) is 0 Å². The number of methoxy groups -OCH3 is 2. The van der Waals surface area contributed by atoms with Crippen LogP contribution in [0.2, 0.25) is 0 Å². The maximum atomic E-state index is 12.0. The number of hydrogen-bond acceptors (Lipinski definition) is 5. The van der Waals surface area contributed by atoms with E-state index < -0.39 is 0 Å². The molecule has 0 fully saturated rings. The summed E-state index contributed by atoms with van der Waals surface area (Å²) in [5.41, 5.74) is 0.454. The Kier molecular flexibility index (Phi) is 3.97. The lowest BCUT2D eigenvalue weighted by Gasteiger charge is -2.08. The van der Waals surface area contributed by atoms with Crippen LogP contribution in [-0.4, -0.2) is 35.3 Å². The fraction of sp³-hybridized carbons (Fsp3) is 0.250. The summed E-state index contributed by atoms with van der Waals surface area (Å²) < 4.78 is 10.2. The summed E-state index contributed by atoms with van der Waals surface area (Å²) in [6.45, 7) is 0.276. The van der Waals surface area contributed by atoms with E-state index in [-0.39, 0.29) is 12.5 Å². The van der Waals surface area contributed by atoms with Crippen molar-refractivity contribution in [3.63, 3.8) is 0 Å². The Labute approximate surface area is 110 Å². The van der Waals surface area contributed by atoms with Crippen molar-refractivity contribution >= 4 is 5.91 Å². The molecule has 1 amide bonds. The van der Waals surface area contributed by atoms with Gasteiger partial charge in [0, 0.05) is 11.6 Å². The van der Waals surface area contributed by atoms with Crippen LogP contribution in [0.4, 0.5) is 0 Å². The van der Waals surface area contributed by atoms with Crippen molar-refractivity contribution in [2.75, 3.05) is 14.2 Å². The number of H-pyrrole nitrogens is 1. The number of aromatic nitrogens is 3. The first kappa shape index (κ1) is 12.9. The Morgan fingerprint density at radius 3 is 2.47 bits per heavy atom. The van der Waals surface area contributed by atoms with Crippen molar-refractivity contribution in [2.24, 2.45) is 0 Å². The molecule has 0 aliphatic carbocycles. The lowest BCUT2D eigenvalue weighted by atomic mass is 10.2. The number of carbonyl (C=O) groups is 1. The Balaban J connectivity index is 2.09. The maximum absolute atomic E-state index is 12.0. The average molecular weight is 262 g/mol. The number of aromatic amines is 1. The van der Waals surface area contributed by atoms with E-state index in [0.29, 0.717) is 22.9 Å². The van der Waals surface area contributed by atoms with Gasteiger partial charge in [-0.15, -0.1) is 0 Å². The van der Waals surface area contributed by atoms with Crippen molar-refractivity contribution in [1.82, 2.24) is 20.5 Å². The monoisotopic (exact) mass is 262 g/mol. The van der Waals surface area contributed by atoms with E-state index in [4.69, 9.17) is 9.47 Å². The highest BCUT2D eigenvalue weighted by molar-refractivity contribution is 5.95. The van der Waals surface area contributed by atoms with E-state index >= 15 is 0 Å². The molecule has 2 aromatic rings. The topological polar surface area (TPSA) is 89.1 Å². The molecule has 1 aromatic heterocycles. The summed E-state index contributed by atoms with van der Waals surface area (Å²) in [4.78, 5) is 15.9. The number of benzene rings is 1. The highest BCUT2D eigenvalue weighted by Crippen LogP contribution is 2.22. The predicted molar refractivity (Wildman–Crippen MR) is 67.1 cm³/mol. The first-order valence-electron chi connectivity index (χ1n) is 5.58. The number of rotatable bonds is 5. The van der Waals surface area contributed by atoms with Crippen LogP contribution in [0, 0.1) is 0 Å². The Morgan fingerprint density at radius 2 is 1.95 bits per heavy atom. The number of hydrogen-bond donors (Lipinski definition) is 2. The van der Waals surface area contributed by atoms with Gasteiger partial charge in [0.15, 0.2) is 0 Å². The second-order valence-electron chi connectivity index (χ2n) is 3.72. The number of carbonyl (C=O) groups excluding carboxylic acids is 1. The first-order valence-corrected chi connectivity index (χ1v) is 5.58. The molecule has 0 atom stereocenters. The third kappa shape index (κ3) is 3.21. The number of nitrogens with one attached hydrogen (secondary N) is 2. The van der Waals surface area contributed by atoms with Gasteiger partial charge in [0.25, 0.3) is 5.91 Å². The zero-order valence-corrected chi connectivity index (χ0v) is 10.6. The molecule has 2 N–H and O–H groups in total. The molecular weight excluding hydrogens is 248 g/mol. The molecule has 0 radical (unpaired) electrons. The summed E-state index contributed by atoms with van der Waals surface area (Å²) in [5, 5.41) is 9.08. The van der Waals surface area contributed by atoms with Gasteiger partial charge in [-0.25, -0.2) is 4.98 Å². The fourth-order valence-electron chi connectivity index (χ4n) is 1.52. The van der Waals surface area contributed by atoms with E-state index in [1.165, 1.54) is 20.5 Å². The van der Waals surface area contributed by atoms with Crippen LogP contribution in [-0.2, 0) is 6.54 Å². The zero-order chi connectivity index (χ0) is 13.7. The largest absolute Gasteiger partial charge is 0.497 e. The molecule has 0 aliphatic heterocycles. The molecule has 0 saturated heterocycles. The summed E-state index contributed by atoms with van der Waals surface area (Å²) >= 11 is 0. The van der Waals surface area contributed by atoms with Gasteiger partial charge in [-0.05, 0) is 12.1 Å². The summed E-state index contributed by atoms with van der Waals surface area (Å²) in [6, 6.07) is 4.98. The molecule has 2 rings (SSSR count). The van der Waals surface area contributed by atoms with Crippen molar-refractivity contribution in [3.05, 3.63) is 35.9 Å². The first-order chi connectivity index (χ1) is 9.22. The van der Waals surface area contributed by atoms with E-state index in [1.807, 2.05) is 0 Å². The minimum Gasteiger partial charge on any atom is -0.497 e. The minimum absolute atomic E-state index is 0.242. The lowest BCUT2D eigenvalue weighted by molar-refractivity contribution is 0.0949. The molecule has 0 bridgehead atoms. The fourth-order valence-corrected chi connectivity index (χ4v) is 1.52. The number of nitrogens with zero attached hydrogens (tertiary/aromatic N) is 2. The Bertz CT molecular complexity index is 532. The van der Waals surface area contributed by atoms with Gasteiger partial charge in [0.05, 0.1) is 20.8 Å². The number of amides is 1. The van der Waals surface area contributed by atoms with Gasteiger partial charge in [0.2, 0.25) is 0 Å². The van der Waals surface area contributed by atoms with Crippen LogP contribution in [0.15, 0.2) is 24.5 Å². The van der Waals surface area contributed by atoms with Crippen LogP contribution in [0.1, 0.15) is 16.2 Å². The highest BCUT2D eigenvalue weighted by Gasteiger charge is 2.10. The highest BCUT2D eigenvalue weighted by atomic mass is 16.5. The number of ether oxygens (including phenoxy) is 2. The van der Waals surface area contributed by atoms with Crippen molar-refractivity contribution in [2.45, 2.75) is 6.54 Å². The smallest absolute Gasteiger partial charge is 0.251 e. The van der Waals surface area contributed by atoms with Crippen LogP contribution < -0.4 is 14.8 Å². The maximum Gasteiger partial charge on any atom is 0.251 e. The minimum atomic E-state index is -0.242. The molecule has 7 nitrogen and oxygen atoms in total. The molecule has 0 saturated carbocycles. The SMILES string of the molecule is COc1cc(OC)cc(C(=O)NCc2ncn[nH]2)c1. The standard InChI is InChI=1S/C12H14N4O3/c1-18-9-3-8(4-10(5-9)19-2)12(17)13-6-11-14-7-15-16-11/h3-5,7H,6H2,1-2H3,(H,13,17)(H,14,15,16). The van der Waals surface area contributed by atoms with Crippen LogP contribution in [0.5, 0.6) is 11.5 Å². The third-order valence-corrected chi connectivity index (χ3v) is 2.49. The van der Waals surface area contributed by atoms with Gasteiger partial charge >= 0.3 is 0 Å². The quantitative estimate of drug-likeness (QED) is 0.830. The lowest BCUT2D eigenvalue weighted by Crippen LogP contribution is -2.23. The molecule has 19 heavy (non-hydrogen) atoms. The van der Waals surface area contributed by atoms with E-state index in [9.17, 15) is 4.79 Å². The predicted octanol–water partition coefficient (Wildman–Crippen LogP) is 0.752. The molecule has 0 aliphatic rings. The van der Waals surface area contributed by atoms with Gasteiger partial charge in [-0.3, -0.25) is 9.89 Å². The van der Waals surface area contributed by atoms with Crippen LogP contribution >= 0.6 is 0 Å². The molecule has 7 heteroatoms. The van der Waals surface area contributed by atoms with Crippen molar-refractivity contribution < 1.29 is 14.3 Å². The molecule has 1 heterocycles. The van der Waals surface area contributed by atoms with Gasteiger partial charge < -0.3 is 14.8 Å². The van der Waals surface area contributed by atoms with E-state index in [1.54, 1.807) is 18.2 Å². The average Bonchev–Trinajstić information content (AvgIpc) is 2.97. The Morgan fingerprint density at radius 1 is 1.26 bits per heavy atom. The molecule has 0 unspecified atom stereocenters. The van der Waals surface area contributed by atoms with Gasteiger partial charge in [-0.2, -0.15) is 5.10 Å². The third-order valence-electron chi connectivity index (χ3n) is 2.49. The molecule has 1 aromatic carbocycles. The molecular formula is C12H14N4O3. The Hall–Kier alpha value is -2.57. The molecule has 100 valence electrons. The summed E-state index contributed by atoms with van der Waals surface area (Å²) in [7, 11) is 3.07. The van der Waals surface area contributed by atoms with E-state index in [0.717, 1.165) is 0 Å². The van der Waals surface area contributed by atoms with Crippen molar-refractivity contribution in [1.29, 1.82) is 0 Å². The summed E-state index contributed by atoms with van der Waals surface area (Å²) in [5.74, 6) is 1.46. The second-order valence-corrected chi connectivity index (χ2v) is 3.72. The second kappa shape index (κ2) is 5.85.